The molecule has 1 amide bonds. The van der Waals surface area contributed by atoms with Crippen LogP contribution in [-0.4, -0.2) is 23.8 Å². The quantitative estimate of drug-likeness (QED) is 0.195. The first kappa shape index (κ1) is 22.9. The van der Waals surface area contributed by atoms with Gasteiger partial charge in [-0.2, -0.15) is 0 Å². The predicted octanol–water partition coefficient (Wildman–Crippen LogP) is 7.12. The van der Waals surface area contributed by atoms with Gasteiger partial charge in [-0.25, -0.2) is 4.98 Å². The Bertz CT molecular complexity index is 1160. The molecule has 0 atom stereocenters. The lowest BCUT2D eigenvalue weighted by Gasteiger charge is -2.06. The van der Waals surface area contributed by atoms with Gasteiger partial charge in [0.2, 0.25) is 5.91 Å². The molecule has 1 heterocycles. The number of anilines is 1. The number of carbonyl (C=O) groups is 1. The van der Waals surface area contributed by atoms with Gasteiger partial charge in [-0.3, -0.25) is 4.79 Å². The molecule has 0 bridgehead atoms. The third-order valence-corrected chi connectivity index (χ3v) is 6.61. The summed E-state index contributed by atoms with van der Waals surface area (Å²) in [5.41, 5.74) is 1.81. The van der Waals surface area contributed by atoms with E-state index < -0.39 is 0 Å². The van der Waals surface area contributed by atoms with Gasteiger partial charge in [-0.15, -0.1) is 23.1 Å². The Morgan fingerprint density at radius 1 is 0.939 bits per heavy atom. The van der Waals surface area contributed by atoms with Gasteiger partial charge >= 0.3 is 0 Å². The van der Waals surface area contributed by atoms with Gasteiger partial charge in [0.15, 0.2) is 5.13 Å². The third-order valence-electron chi connectivity index (χ3n) is 4.76. The number of nitrogens with one attached hydrogen (secondary N) is 1. The van der Waals surface area contributed by atoms with Crippen molar-refractivity contribution in [2.24, 2.45) is 0 Å². The van der Waals surface area contributed by atoms with Gasteiger partial charge in [0, 0.05) is 22.3 Å². The number of benzene rings is 3. The Kier molecular flexibility index (Phi) is 8.00. The summed E-state index contributed by atoms with van der Waals surface area (Å²) < 4.78 is 11.0. The molecule has 4 aromatic rings. The molecule has 1 aromatic heterocycles. The molecule has 0 aliphatic rings. The van der Waals surface area contributed by atoms with Crippen LogP contribution in [-0.2, 0) is 4.79 Å². The van der Waals surface area contributed by atoms with Crippen molar-refractivity contribution in [3.8, 4) is 28.5 Å². The van der Waals surface area contributed by atoms with Crippen molar-refractivity contribution in [1.82, 2.24) is 4.98 Å². The maximum Gasteiger partial charge on any atom is 0.226 e. The Morgan fingerprint density at radius 3 is 2.36 bits per heavy atom. The molecule has 4 rings (SSSR count). The number of aromatic nitrogens is 1. The minimum atomic E-state index is -0.0159. The molecule has 0 aliphatic heterocycles. The van der Waals surface area contributed by atoms with Crippen molar-refractivity contribution in [3.05, 3.63) is 84.2 Å². The largest absolute Gasteiger partial charge is 0.497 e. The summed E-state index contributed by atoms with van der Waals surface area (Å²) in [6.07, 6.45) is 1.26. The van der Waals surface area contributed by atoms with Gasteiger partial charge < -0.3 is 14.8 Å². The number of methoxy groups -OCH3 is 1. The molecular formula is C26H24N2O3S2. The zero-order valence-electron chi connectivity index (χ0n) is 18.2. The maximum absolute atomic E-state index is 12.3. The van der Waals surface area contributed by atoms with Gasteiger partial charge in [-0.05, 0) is 72.8 Å². The normalized spacial score (nSPS) is 10.6. The van der Waals surface area contributed by atoms with Crippen LogP contribution in [0.2, 0.25) is 0 Å². The predicted molar refractivity (Wildman–Crippen MR) is 136 cm³/mol. The lowest BCUT2D eigenvalue weighted by Crippen LogP contribution is -2.11. The van der Waals surface area contributed by atoms with Crippen LogP contribution in [0.4, 0.5) is 5.13 Å². The molecule has 0 saturated heterocycles. The first-order valence-electron chi connectivity index (χ1n) is 10.6. The number of thioether (sulfide) groups is 1. The highest BCUT2D eigenvalue weighted by atomic mass is 32.2. The Balaban J connectivity index is 1.22. The van der Waals surface area contributed by atoms with Gasteiger partial charge in [0.25, 0.3) is 0 Å². The number of rotatable bonds is 10. The van der Waals surface area contributed by atoms with Crippen molar-refractivity contribution in [2.45, 2.75) is 17.7 Å². The molecule has 5 nitrogen and oxygen atoms in total. The smallest absolute Gasteiger partial charge is 0.226 e. The van der Waals surface area contributed by atoms with Gasteiger partial charge in [0.1, 0.15) is 17.2 Å². The number of hydrogen-bond acceptors (Lipinski definition) is 6. The average molecular weight is 477 g/mol. The fourth-order valence-corrected chi connectivity index (χ4v) is 4.65. The number of thiazole rings is 1. The van der Waals surface area contributed by atoms with Crippen LogP contribution < -0.4 is 14.8 Å². The topological polar surface area (TPSA) is 60.5 Å². The summed E-state index contributed by atoms with van der Waals surface area (Å²) in [5.74, 6) is 3.27. The molecule has 0 saturated carbocycles. The summed E-state index contributed by atoms with van der Waals surface area (Å²) in [6.45, 7) is 0. The van der Waals surface area contributed by atoms with E-state index in [9.17, 15) is 4.79 Å². The summed E-state index contributed by atoms with van der Waals surface area (Å²) in [4.78, 5) is 18.0. The van der Waals surface area contributed by atoms with E-state index in [4.69, 9.17) is 9.47 Å². The molecule has 3 aromatic carbocycles. The van der Waals surface area contributed by atoms with E-state index in [1.54, 1.807) is 18.9 Å². The van der Waals surface area contributed by atoms with Crippen LogP contribution in [0.3, 0.4) is 0 Å². The second-order valence-corrected chi connectivity index (χ2v) is 9.18. The van der Waals surface area contributed by atoms with Crippen LogP contribution in [0.1, 0.15) is 12.8 Å². The van der Waals surface area contributed by atoms with Crippen LogP contribution >= 0.6 is 23.1 Å². The number of para-hydroxylation sites is 1. The minimum Gasteiger partial charge on any atom is -0.497 e. The van der Waals surface area contributed by atoms with E-state index in [0.717, 1.165) is 40.7 Å². The number of amides is 1. The van der Waals surface area contributed by atoms with Crippen molar-refractivity contribution in [3.63, 3.8) is 0 Å². The van der Waals surface area contributed by atoms with Crippen molar-refractivity contribution in [1.29, 1.82) is 0 Å². The summed E-state index contributed by atoms with van der Waals surface area (Å²) >= 11 is 3.16. The third kappa shape index (κ3) is 6.84. The van der Waals surface area contributed by atoms with E-state index >= 15 is 0 Å². The first-order valence-corrected chi connectivity index (χ1v) is 12.4. The zero-order valence-corrected chi connectivity index (χ0v) is 19.8. The van der Waals surface area contributed by atoms with Crippen LogP contribution in [0, 0.1) is 0 Å². The number of carbonyl (C=O) groups excluding carboxylic acids is 1. The zero-order chi connectivity index (χ0) is 22.9. The SMILES string of the molecule is COc1ccc(SCCCC(=O)Nc2nc(-c3ccc(Oc4ccccc4)cc3)cs2)cc1. The minimum absolute atomic E-state index is 0.0159. The molecule has 168 valence electrons. The molecule has 7 heteroatoms. The van der Waals surface area contributed by atoms with E-state index in [2.05, 4.69) is 10.3 Å². The fourth-order valence-electron chi connectivity index (χ4n) is 3.06. The standard InChI is InChI=1S/C26H24N2O3S2/c1-30-20-13-15-23(16-14-20)32-17-5-8-25(29)28-26-27-24(18-33-26)19-9-11-22(12-10-19)31-21-6-3-2-4-7-21/h2-4,6-7,9-16,18H,5,8,17H2,1H3,(H,27,28,29). The van der Waals surface area contributed by atoms with Crippen molar-refractivity contribution in [2.75, 3.05) is 18.2 Å². The summed E-state index contributed by atoms with van der Waals surface area (Å²) in [6, 6.07) is 25.4. The fraction of sp³-hybridized carbons (Fsp3) is 0.154. The highest BCUT2D eigenvalue weighted by molar-refractivity contribution is 7.99. The first-order chi connectivity index (χ1) is 16.2. The molecule has 0 unspecified atom stereocenters. The number of hydrogen-bond donors (Lipinski definition) is 1. The van der Waals surface area contributed by atoms with E-state index in [-0.39, 0.29) is 5.91 Å². The van der Waals surface area contributed by atoms with E-state index in [0.29, 0.717) is 11.6 Å². The second-order valence-electron chi connectivity index (χ2n) is 7.15. The molecule has 0 fully saturated rings. The number of nitrogens with zero attached hydrogens (tertiary/aromatic N) is 1. The highest BCUT2D eigenvalue weighted by Gasteiger charge is 2.09. The lowest BCUT2D eigenvalue weighted by atomic mass is 10.2. The van der Waals surface area contributed by atoms with Crippen LogP contribution in [0.15, 0.2) is 89.1 Å². The van der Waals surface area contributed by atoms with Crippen molar-refractivity contribution < 1.29 is 14.3 Å². The average Bonchev–Trinajstić information content (AvgIpc) is 3.32. The van der Waals surface area contributed by atoms with Crippen LogP contribution in [0.5, 0.6) is 17.2 Å². The number of ether oxygens (including phenoxy) is 2. The van der Waals surface area contributed by atoms with E-state index in [1.165, 1.54) is 16.2 Å². The van der Waals surface area contributed by atoms with Crippen molar-refractivity contribution >= 4 is 34.1 Å². The lowest BCUT2D eigenvalue weighted by molar-refractivity contribution is -0.116. The van der Waals surface area contributed by atoms with Gasteiger partial charge in [-0.1, -0.05) is 18.2 Å². The Labute approximate surface area is 201 Å². The monoisotopic (exact) mass is 476 g/mol. The van der Waals surface area contributed by atoms with Gasteiger partial charge in [0.05, 0.1) is 12.8 Å². The highest BCUT2D eigenvalue weighted by Crippen LogP contribution is 2.28. The maximum atomic E-state index is 12.3. The molecule has 0 aliphatic carbocycles. The second kappa shape index (κ2) is 11.5. The molecule has 1 N–H and O–H groups in total. The Morgan fingerprint density at radius 2 is 1.64 bits per heavy atom. The molecular weight excluding hydrogens is 452 g/mol. The van der Waals surface area contributed by atoms with Crippen LogP contribution in [0.25, 0.3) is 11.3 Å². The summed E-state index contributed by atoms with van der Waals surface area (Å²) in [5, 5.41) is 5.47. The molecule has 0 radical (unpaired) electrons. The molecule has 0 spiro atoms. The van der Waals surface area contributed by atoms with E-state index in [1.807, 2.05) is 84.2 Å². The molecule has 33 heavy (non-hydrogen) atoms. The Hall–Kier alpha value is -3.29. The summed E-state index contributed by atoms with van der Waals surface area (Å²) in [7, 11) is 1.66.